The van der Waals surface area contributed by atoms with Crippen molar-refractivity contribution >= 4 is 0 Å². The summed E-state index contributed by atoms with van der Waals surface area (Å²) in [6, 6.07) is 0. The third-order valence-electron chi connectivity index (χ3n) is 1.68. The lowest BCUT2D eigenvalue weighted by molar-refractivity contribution is -0.155. The molecule has 0 N–H and O–H groups in total. The molecule has 1 aromatic heterocycles. The zero-order valence-corrected chi connectivity index (χ0v) is 9.45. The van der Waals surface area contributed by atoms with Crippen LogP contribution in [-0.4, -0.2) is 29.5 Å². The fraction of sp³-hybridized carbons (Fsp3) is 0.778. The van der Waals surface area contributed by atoms with Gasteiger partial charge in [-0.3, -0.25) is 0 Å². The summed E-state index contributed by atoms with van der Waals surface area (Å²) in [5.74, 6) is -0.537. The number of hydrogen-bond donors (Lipinski definition) is 0. The van der Waals surface area contributed by atoms with Crippen molar-refractivity contribution in [1.29, 1.82) is 0 Å². The van der Waals surface area contributed by atoms with Gasteiger partial charge in [-0.05, 0) is 13.8 Å². The Morgan fingerprint density at radius 2 is 1.82 bits per heavy atom. The first-order chi connectivity index (χ1) is 7.96. The molecule has 17 heavy (non-hydrogen) atoms. The molecule has 8 heteroatoms. The summed E-state index contributed by atoms with van der Waals surface area (Å²) in [7, 11) is 0. The summed E-state index contributed by atoms with van der Waals surface area (Å²) in [5.41, 5.74) is 0. The molecule has 0 aliphatic heterocycles. The summed E-state index contributed by atoms with van der Waals surface area (Å²) in [6.45, 7) is 4.08. The molecule has 0 atom stereocenters. The minimum atomic E-state index is -4.37. The Morgan fingerprint density at radius 1 is 1.24 bits per heavy atom. The molecular weight excluding hydrogens is 241 g/mol. The molecule has 98 valence electrons. The molecule has 0 aliphatic carbocycles. The maximum atomic E-state index is 12.1. The van der Waals surface area contributed by atoms with E-state index in [1.807, 2.05) is 0 Å². The standard InChI is InChI=1S/C9H13F3N2O3/c1-3-15-8(16-4-2)7-13-6(14-17-7)5-9(10,11)12/h8H,3-5H2,1-2H3. The van der Waals surface area contributed by atoms with Gasteiger partial charge in [0, 0.05) is 13.2 Å². The van der Waals surface area contributed by atoms with E-state index in [9.17, 15) is 13.2 Å². The molecule has 0 fully saturated rings. The first-order valence-electron chi connectivity index (χ1n) is 5.08. The van der Waals surface area contributed by atoms with E-state index in [4.69, 9.17) is 9.47 Å². The second kappa shape index (κ2) is 5.97. The van der Waals surface area contributed by atoms with Gasteiger partial charge in [-0.1, -0.05) is 5.16 Å². The fourth-order valence-electron chi connectivity index (χ4n) is 1.11. The van der Waals surface area contributed by atoms with Gasteiger partial charge >= 0.3 is 6.18 Å². The average Bonchev–Trinajstić information content (AvgIpc) is 2.63. The number of alkyl halides is 3. The van der Waals surface area contributed by atoms with E-state index in [0.29, 0.717) is 13.2 Å². The second-order valence-electron chi connectivity index (χ2n) is 3.08. The molecule has 0 saturated heterocycles. The minimum Gasteiger partial charge on any atom is -0.345 e. The molecule has 5 nitrogen and oxygen atoms in total. The molecule has 0 aromatic carbocycles. The van der Waals surface area contributed by atoms with Crippen LogP contribution in [0.4, 0.5) is 13.2 Å². The van der Waals surface area contributed by atoms with E-state index in [2.05, 4.69) is 14.7 Å². The summed E-state index contributed by atoms with van der Waals surface area (Å²) in [6.07, 6.45) is -6.52. The molecule has 0 radical (unpaired) electrons. The number of nitrogens with zero attached hydrogens (tertiary/aromatic N) is 2. The fourth-order valence-corrected chi connectivity index (χ4v) is 1.11. The van der Waals surface area contributed by atoms with E-state index < -0.39 is 24.7 Å². The predicted octanol–water partition coefficient (Wildman–Crippen LogP) is 2.25. The molecule has 0 saturated carbocycles. The van der Waals surface area contributed by atoms with Crippen molar-refractivity contribution < 1.29 is 27.2 Å². The monoisotopic (exact) mass is 254 g/mol. The quantitative estimate of drug-likeness (QED) is 0.729. The number of halogens is 3. The Morgan fingerprint density at radius 3 is 2.29 bits per heavy atom. The van der Waals surface area contributed by atoms with Crippen LogP contribution in [0.3, 0.4) is 0 Å². The van der Waals surface area contributed by atoms with E-state index in [1.165, 1.54) is 0 Å². The lowest BCUT2D eigenvalue weighted by atomic mass is 10.4. The largest absolute Gasteiger partial charge is 0.396 e. The van der Waals surface area contributed by atoms with Gasteiger partial charge in [0.05, 0.1) is 0 Å². The SMILES string of the molecule is CCOC(OCC)c1nc(CC(F)(F)F)no1. The van der Waals surface area contributed by atoms with Gasteiger partial charge in [0.15, 0.2) is 5.82 Å². The highest BCUT2D eigenvalue weighted by molar-refractivity contribution is 4.89. The lowest BCUT2D eigenvalue weighted by Gasteiger charge is -2.11. The maximum absolute atomic E-state index is 12.1. The van der Waals surface area contributed by atoms with E-state index in [1.54, 1.807) is 13.8 Å². The van der Waals surface area contributed by atoms with E-state index in [0.717, 1.165) is 0 Å². The molecule has 1 rings (SSSR count). The number of aromatic nitrogens is 2. The van der Waals surface area contributed by atoms with Crippen LogP contribution >= 0.6 is 0 Å². The van der Waals surface area contributed by atoms with Crippen molar-refractivity contribution in [2.75, 3.05) is 13.2 Å². The van der Waals surface area contributed by atoms with Crippen LogP contribution in [-0.2, 0) is 15.9 Å². The van der Waals surface area contributed by atoms with Gasteiger partial charge < -0.3 is 14.0 Å². The molecule has 0 amide bonds. The molecule has 0 spiro atoms. The Labute approximate surface area is 95.9 Å². The highest BCUT2D eigenvalue weighted by Crippen LogP contribution is 2.22. The summed E-state index contributed by atoms with van der Waals surface area (Å²) in [5, 5.41) is 3.22. The summed E-state index contributed by atoms with van der Waals surface area (Å²) >= 11 is 0. The number of rotatable bonds is 6. The Kier molecular flexibility index (Phi) is 4.88. The third kappa shape index (κ3) is 4.70. The van der Waals surface area contributed by atoms with Crippen molar-refractivity contribution in [2.24, 2.45) is 0 Å². The predicted molar refractivity (Wildman–Crippen MR) is 50.1 cm³/mol. The van der Waals surface area contributed by atoms with Crippen molar-refractivity contribution in [2.45, 2.75) is 32.7 Å². The van der Waals surface area contributed by atoms with Gasteiger partial charge in [-0.15, -0.1) is 0 Å². The van der Waals surface area contributed by atoms with Crippen LogP contribution in [0.25, 0.3) is 0 Å². The Balaban J connectivity index is 2.70. The van der Waals surface area contributed by atoms with E-state index in [-0.39, 0.29) is 5.89 Å². The highest BCUT2D eigenvalue weighted by atomic mass is 19.4. The van der Waals surface area contributed by atoms with Crippen molar-refractivity contribution in [3.05, 3.63) is 11.7 Å². The first kappa shape index (κ1) is 13.9. The van der Waals surface area contributed by atoms with Crippen molar-refractivity contribution in [1.82, 2.24) is 10.1 Å². The maximum Gasteiger partial charge on any atom is 0.396 e. The Bertz CT molecular complexity index is 334. The minimum absolute atomic E-state index is 0.104. The zero-order chi connectivity index (χ0) is 12.9. The van der Waals surface area contributed by atoms with Gasteiger partial charge in [0.2, 0.25) is 6.29 Å². The molecular formula is C9H13F3N2O3. The van der Waals surface area contributed by atoms with Crippen LogP contribution < -0.4 is 0 Å². The highest BCUT2D eigenvalue weighted by Gasteiger charge is 2.31. The zero-order valence-electron chi connectivity index (χ0n) is 9.45. The van der Waals surface area contributed by atoms with Crippen molar-refractivity contribution in [3.63, 3.8) is 0 Å². The van der Waals surface area contributed by atoms with Gasteiger partial charge in [-0.25, -0.2) is 0 Å². The second-order valence-corrected chi connectivity index (χ2v) is 3.08. The molecule has 1 heterocycles. The molecule has 1 aromatic rings. The average molecular weight is 254 g/mol. The van der Waals surface area contributed by atoms with Gasteiger partial charge in [0.1, 0.15) is 6.42 Å². The van der Waals surface area contributed by atoms with Gasteiger partial charge in [0.25, 0.3) is 5.89 Å². The van der Waals surface area contributed by atoms with Crippen LogP contribution in [0.2, 0.25) is 0 Å². The normalized spacial score (nSPS) is 12.4. The summed E-state index contributed by atoms with van der Waals surface area (Å²) < 4.78 is 51.1. The van der Waals surface area contributed by atoms with Gasteiger partial charge in [-0.2, -0.15) is 18.2 Å². The molecule has 0 aliphatic rings. The number of ether oxygens (including phenoxy) is 2. The van der Waals surface area contributed by atoms with Crippen LogP contribution in [0.15, 0.2) is 4.52 Å². The van der Waals surface area contributed by atoms with Crippen molar-refractivity contribution in [3.8, 4) is 0 Å². The van der Waals surface area contributed by atoms with Crippen LogP contribution in [0.5, 0.6) is 0 Å². The smallest absolute Gasteiger partial charge is 0.345 e. The lowest BCUT2D eigenvalue weighted by Crippen LogP contribution is -2.13. The Hall–Kier alpha value is -1.15. The van der Waals surface area contributed by atoms with Crippen LogP contribution in [0.1, 0.15) is 31.9 Å². The summed E-state index contributed by atoms with van der Waals surface area (Å²) in [4.78, 5) is 3.59. The first-order valence-corrected chi connectivity index (χ1v) is 5.08. The molecule has 0 bridgehead atoms. The number of hydrogen-bond acceptors (Lipinski definition) is 5. The topological polar surface area (TPSA) is 57.4 Å². The third-order valence-corrected chi connectivity index (χ3v) is 1.68. The molecule has 0 unspecified atom stereocenters. The van der Waals surface area contributed by atoms with E-state index >= 15 is 0 Å². The van der Waals surface area contributed by atoms with Crippen LogP contribution in [0, 0.1) is 0 Å².